The Balaban J connectivity index is 1.45. The van der Waals surface area contributed by atoms with Crippen LogP contribution >= 0.6 is 0 Å². The highest BCUT2D eigenvalue weighted by Gasteiger charge is 2.63. The summed E-state index contributed by atoms with van der Waals surface area (Å²) in [6.45, 7) is 9.04. The fourth-order valence-corrected chi connectivity index (χ4v) is 8.39. The molecule has 3 nitrogen and oxygen atoms in total. The van der Waals surface area contributed by atoms with Crippen molar-refractivity contribution in [1.29, 1.82) is 0 Å². The molecular weight excluding hydrogens is 312 g/mol. The summed E-state index contributed by atoms with van der Waals surface area (Å²) in [6.07, 6.45) is 9.58. The topological polar surface area (TPSA) is 38.7 Å². The molecule has 1 saturated heterocycles. The van der Waals surface area contributed by atoms with E-state index < -0.39 is 0 Å². The molecule has 5 rings (SSSR count). The maximum absolute atomic E-state index is 10.6. The number of hydrogen-bond acceptors (Lipinski definition) is 3. The van der Waals surface area contributed by atoms with Gasteiger partial charge < -0.3 is 14.6 Å². The SMILES string of the molecule is CC1CC2C3CCC(O)C3(C)CCC2C2(C)CCC3(CC12)OCCO3. The zero-order chi connectivity index (χ0) is 17.4. The molecule has 1 heterocycles. The van der Waals surface area contributed by atoms with E-state index in [1.165, 1.54) is 32.1 Å². The first-order chi connectivity index (χ1) is 11.9. The molecule has 5 fully saturated rings. The van der Waals surface area contributed by atoms with Crippen molar-refractivity contribution in [2.45, 2.75) is 84.0 Å². The molecule has 1 spiro atoms. The van der Waals surface area contributed by atoms with E-state index in [1.807, 2.05) is 0 Å². The van der Waals surface area contributed by atoms with Crippen LogP contribution in [0.4, 0.5) is 0 Å². The Bertz CT molecular complexity index is 541. The molecule has 0 aromatic heterocycles. The molecule has 5 aliphatic rings. The van der Waals surface area contributed by atoms with Gasteiger partial charge in [-0.05, 0) is 78.9 Å². The summed E-state index contributed by atoms with van der Waals surface area (Å²) in [7, 11) is 0. The van der Waals surface area contributed by atoms with E-state index in [9.17, 15) is 5.11 Å². The van der Waals surface area contributed by atoms with Crippen molar-refractivity contribution in [3.63, 3.8) is 0 Å². The van der Waals surface area contributed by atoms with E-state index in [1.54, 1.807) is 0 Å². The van der Waals surface area contributed by atoms with Crippen LogP contribution in [0.15, 0.2) is 0 Å². The lowest BCUT2D eigenvalue weighted by atomic mass is 9.43. The van der Waals surface area contributed by atoms with Gasteiger partial charge in [-0.25, -0.2) is 0 Å². The summed E-state index contributed by atoms with van der Waals surface area (Å²) in [5, 5.41) is 10.6. The normalized spacial score (nSPS) is 57.1. The Morgan fingerprint density at radius 3 is 2.32 bits per heavy atom. The van der Waals surface area contributed by atoms with Crippen LogP contribution in [0.3, 0.4) is 0 Å². The smallest absolute Gasteiger partial charge is 0.168 e. The minimum Gasteiger partial charge on any atom is -0.393 e. The third-order valence-corrected chi connectivity index (χ3v) is 9.80. The third kappa shape index (κ3) is 2.21. The molecule has 1 aliphatic heterocycles. The molecule has 0 bridgehead atoms. The number of fused-ring (bicyclic) bond motifs is 5. The van der Waals surface area contributed by atoms with Crippen molar-refractivity contribution in [3.05, 3.63) is 0 Å². The first-order valence-electron chi connectivity index (χ1n) is 10.8. The van der Waals surface area contributed by atoms with E-state index in [-0.39, 0.29) is 17.3 Å². The van der Waals surface area contributed by atoms with Crippen molar-refractivity contribution in [2.75, 3.05) is 13.2 Å². The van der Waals surface area contributed by atoms with Crippen molar-refractivity contribution in [1.82, 2.24) is 0 Å². The highest BCUT2D eigenvalue weighted by Crippen LogP contribution is 2.68. The molecule has 25 heavy (non-hydrogen) atoms. The van der Waals surface area contributed by atoms with Gasteiger partial charge in [0.15, 0.2) is 5.79 Å². The Labute approximate surface area is 152 Å². The van der Waals surface area contributed by atoms with Gasteiger partial charge in [0.25, 0.3) is 0 Å². The van der Waals surface area contributed by atoms with Crippen LogP contribution in [0.1, 0.15) is 72.1 Å². The molecule has 8 atom stereocenters. The van der Waals surface area contributed by atoms with E-state index >= 15 is 0 Å². The Morgan fingerprint density at radius 2 is 1.56 bits per heavy atom. The molecule has 0 aromatic carbocycles. The molecule has 0 radical (unpaired) electrons. The van der Waals surface area contributed by atoms with E-state index in [0.717, 1.165) is 62.1 Å². The maximum atomic E-state index is 10.6. The van der Waals surface area contributed by atoms with Crippen LogP contribution in [-0.2, 0) is 9.47 Å². The molecular formula is C22H36O3. The predicted octanol–water partition coefficient (Wildman–Crippen LogP) is 4.38. The van der Waals surface area contributed by atoms with Gasteiger partial charge in [-0.3, -0.25) is 0 Å². The van der Waals surface area contributed by atoms with Crippen LogP contribution < -0.4 is 0 Å². The fourth-order valence-electron chi connectivity index (χ4n) is 8.39. The van der Waals surface area contributed by atoms with Gasteiger partial charge in [-0.15, -0.1) is 0 Å². The van der Waals surface area contributed by atoms with Crippen LogP contribution in [0.25, 0.3) is 0 Å². The lowest BCUT2D eigenvalue weighted by Gasteiger charge is -2.63. The minimum atomic E-state index is -0.252. The van der Waals surface area contributed by atoms with Crippen LogP contribution in [0.5, 0.6) is 0 Å². The Hall–Kier alpha value is -0.120. The molecule has 0 aromatic rings. The average Bonchev–Trinajstić information content (AvgIpc) is 3.15. The molecule has 4 aliphatic carbocycles. The first kappa shape index (κ1) is 17.0. The second kappa shape index (κ2) is 5.45. The molecule has 1 N–H and O–H groups in total. The standard InChI is InChI=1S/C22H36O3/c1-14-12-15-16-4-5-19(23)21(16,3)7-6-17(15)20(2)8-9-22(13-18(14)20)24-10-11-25-22/h14-19,23H,4-13H2,1-3H3. The van der Waals surface area contributed by atoms with Crippen LogP contribution in [0, 0.1) is 40.4 Å². The lowest BCUT2D eigenvalue weighted by Crippen LogP contribution is -2.58. The highest BCUT2D eigenvalue weighted by molar-refractivity contribution is 5.11. The monoisotopic (exact) mass is 348 g/mol. The van der Waals surface area contributed by atoms with E-state index in [4.69, 9.17) is 9.47 Å². The summed E-state index contributed by atoms with van der Waals surface area (Å²) >= 11 is 0. The van der Waals surface area contributed by atoms with Gasteiger partial charge >= 0.3 is 0 Å². The Morgan fingerprint density at radius 1 is 0.840 bits per heavy atom. The largest absolute Gasteiger partial charge is 0.393 e. The number of aliphatic hydroxyl groups is 1. The predicted molar refractivity (Wildman–Crippen MR) is 96.9 cm³/mol. The van der Waals surface area contributed by atoms with Gasteiger partial charge in [-0.1, -0.05) is 20.8 Å². The first-order valence-corrected chi connectivity index (χ1v) is 10.8. The zero-order valence-electron chi connectivity index (χ0n) is 16.3. The van der Waals surface area contributed by atoms with Gasteiger partial charge in [0, 0.05) is 12.8 Å². The number of aliphatic hydroxyl groups excluding tert-OH is 1. The third-order valence-electron chi connectivity index (χ3n) is 9.80. The summed E-state index contributed by atoms with van der Waals surface area (Å²) < 4.78 is 12.2. The van der Waals surface area contributed by atoms with Gasteiger partial charge in [0.2, 0.25) is 0 Å². The van der Waals surface area contributed by atoms with Gasteiger partial charge in [-0.2, -0.15) is 0 Å². The average molecular weight is 349 g/mol. The zero-order valence-corrected chi connectivity index (χ0v) is 16.3. The summed E-state index contributed by atoms with van der Waals surface area (Å²) in [5.41, 5.74) is 0.634. The number of rotatable bonds is 0. The van der Waals surface area contributed by atoms with Crippen LogP contribution in [-0.4, -0.2) is 30.2 Å². The minimum absolute atomic E-state index is 0.0609. The Kier molecular flexibility index (Phi) is 3.71. The van der Waals surface area contributed by atoms with Crippen molar-refractivity contribution in [2.24, 2.45) is 40.4 Å². The molecule has 142 valence electrons. The maximum Gasteiger partial charge on any atom is 0.168 e. The molecule has 8 unspecified atom stereocenters. The molecule has 0 amide bonds. The number of hydrogen-bond donors (Lipinski definition) is 1. The lowest BCUT2D eigenvalue weighted by molar-refractivity contribution is -0.239. The van der Waals surface area contributed by atoms with Gasteiger partial charge in [0.05, 0.1) is 19.3 Å². The highest BCUT2D eigenvalue weighted by atomic mass is 16.7. The van der Waals surface area contributed by atoms with Crippen molar-refractivity contribution < 1.29 is 14.6 Å². The fraction of sp³-hybridized carbons (Fsp3) is 1.00. The van der Waals surface area contributed by atoms with Crippen molar-refractivity contribution in [3.8, 4) is 0 Å². The van der Waals surface area contributed by atoms with Crippen LogP contribution in [0.2, 0.25) is 0 Å². The van der Waals surface area contributed by atoms with Gasteiger partial charge in [0.1, 0.15) is 0 Å². The quantitative estimate of drug-likeness (QED) is 0.706. The van der Waals surface area contributed by atoms with Crippen molar-refractivity contribution >= 4 is 0 Å². The summed E-state index contributed by atoms with van der Waals surface area (Å²) in [5.74, 6) is 3.64. The second-order valence-corrected chi connectivity index (χ2v) is 10.7. The summed E-state index contributed by atoms with van der Waals surface area (Å²) in [4.78, 5) is 0. The van der Waals surface area contributed by atoms with E-state index in [0.29, 0.717) is 5.41 Å². The molecule has 3 heteroatoms. The summed E-state index contributed by atoms with van der Waals surface area (Å²) in [6, 6.07) is 0. The number of ether oxygens (including phenoxy) is 2. The second-order valence-electron chi connectivity index (χ2n) is 10.7. The van der Waals surface area contributed by atoms with E-state index in [2.05, 4.69) is 20.8 Å². The molecule has 4 saturated carbocycles.